The molecule has 3 rings (SSSR count). The molecular formula is C21H30N4O. The van der Waals surface area contributed by atoms with Crippen molar-refractivity contribution in [3.63, 3.8) is 0 Å². The van der Waals surface area contributed by atoms with Gasteiger partial charge in [0, 0.05) is 30.9 Å². The maximum atomic E-state index is 12.8. The van der Waals surface area contributed by atoms with E-state index in [4.69, 9.17) is 0 Å². The summed E-state index contributed by atoms with van der Waals surface area (Å²) in [6, 6.07) is 11.1. The van der Waals surface area contributed by atoms with E-state index in [1.165, 1.54) is 5.56 Å². The maximum Gasteiger partial charge on any atom is 0.255 e. The highest BCUT2D eigenvalue weighted by molar-refractivity contribution is 5.95. The van der Waals surface area contributed by atoms with Crippen molar-refractivity contribution in [3.8, 4) is 0 Å². The molecule has 0 radical (unpaired) electrons. The van der Waals surface area contributed by atoms with Gasteiger partial charge in [-0.25, -0.2) is 0 Å². The normalized spacial score (nSPS) is 21.1. The molecule has 2 unspecified atom stereocenters. The van der Waals surface area contributed by atoms with E-state index in [0.717, 1.165) is 25.2 Å². The molecule has 2 heterocycles. The Kier molecular flexibility index (Phi) is 5.19. The number of rotatable bonds is 4. The Labute approximate surface area is 156 Å². The Balaban J connectivity index is 1.63. The fourth-order valence-electron chi connectivity index (χ4n) is 3.81. The molecule has 0 spiro atoms. The van der Waals surface area contributed by atoms with Crippen molar-refractivity contribution < 1.29 is 4.79 Å². The number of carbonyl (C=O) groups excluding carboxylic acids is 1. The molecule has 26 heavy (non-hydrogen) atoms. The summed E-state index contributed by atoms with van der Waals surface area (Å²) in [5.74, 6) is -0.0169. The zero-order valence-corrected chi connectivity index (χ0v) is 16.5. The van der Waals surface area contributed by atoms with Gasteiger partial charge in [-0.05, 0) is 46.6 Å². The third kappa shape index (κ3) is 3.98. The number of amides is 1. The summed E-state index contributed by atoms with van der Waals surface area (Å²) in [6.07, 6.45) is 2.67. The van der Waals surface area contributed by atoms with Gasteiger partial charge < -0.3 is 5.32 Å². The standard InChI is InChI=1S/C21H30N4O/c1-15-11-18(14-24(15)13-17-9-7-6-8-10-17)23-20(26)19-12-22-25(16(19)2)21(3,4)5/h6-10,12,15,18H,11,13-14H2,1-5H3,(H,23,26). The lowest BCUT2D eigenvalue weighted by Crippen LogP contribution is -2.37. The minimum Gasteiger partial charge on any atom is -0.348 e. The van der Waals surface area contributed by atoms with Gasteiger partial charge in [0.05, 0.1) is 17.3 Å². The molecule has 1 aliphatic heterocycles. The lowest BCUT2D eigenvalue weighted by atomic mass is 10.1. The molecule has 0 saturated carbocycles. The van der Waals surface area contributed by atoms with Gasteiger partial charge in [0.15, 0.2) is 0 Å². The Morgan fingerprint density at radius 1 is 1.27 bits per heavy atom. The van der Waals surface area contributed by atoms with Gasteiger partial charge in [0.2, 0.25) is 0 Å². The van der Waals surface area contributed by atoms with Crippen molar-refractivity contribution in [3.05, 3.63) is 53.3 Å². The molecule has 1 aromatic carbocycles. The third-order valence-electron chi connectivity index (χ3n) is 5.16. The minimum absolute atomic E-state index is 0.0169. The average molecular weight is 354 g/mol. The number of likely N-dealkylation sites (tertiary alicyclic amines) is 1. The first-order valence-corrected chi connectivity index (χ1v) is 9.39. The molecular weight excluding hydrogens is 324 g/mol. The predicted molar refractivity (Wildman–Crippen MR) is 104 cm³/mol. The van der Waals surface area contributed by atoms with Crippen LogP contribution in [0.25, 0.3) is 0 Å². The average Bonchev–Trinajstić information content (AvgIpc) is 3.11. The van der Waals surface area contributed by atoms with Crippen LogP contribution in [-0.2, 0) is 12.1 Å². The van der Waals surface area contributed by atoms with Gasteiger partial charge >= 0.3 is 0 Å². The Bertz CT molecular complexity index is 760. The summed E-state index contributed by atoms with van der Waals surface area (Å²) in [4.78, 5) is 15.2. The molecule has 1 N–H and O–H groups in total. The SMILES string of the molecule is Cc1c(C(=O)NC2CC(C)N(Cc3ccccc3)C2)cnn1C(C)(C)C. The molecule has 0 bridgehead atoms. The van der Waals surface area contributed by atoms with E-state index in [-0.39, 0.29) is 17.5 Å². The number of nitrogens with zero attached hydrogens (tertiary/aromatic N) is 3. The van der Waals surface area contributed by atoms with E-state index in [9.17, 15) is 4.79 Å². The lowest BCUT2D eigenvalue weighted by Gasteiger charge is -2.21. The highest BCUT2D eigenvalue weighted by atomic mass is 16.1. The highest BCUT2D eigenvalue weighted by Gasteiger charge is 2.31. The summed E-state index contributed by atoms with van der Waals surface area (Å²) >= 11 is 0. The van der Waals surface area contributed by atoms with Crippen molar-refractivity contribution in [1.29, 1.82) is 0 Å². The zero-order valence-electron chi connectivity index (χ0n) is 16.5. The van der Waals surface area contributed by atoms with E-state index in [1.807, 2.05) is 17.7 Å². The summed E-state index contributed by atoms with van der Waals surface area (Å²) in [7, 11) is 0. The summed E-state index contributed by atoms with van der Waals surface area (Å²) in [6.45, 7) is 12.3. The van der Waals surface area contributed by atoms with Gasteiger partial charge in [-0.3, -0.25) is 14.4 Å². The molecule has 1 fully saturated rings. The monoisotopic (exact) mass is 354 g/mol. The molecule has 1 amide bonds. The maximum absolute atomic E-state index is 12.8. The smallest absolute Gasteiger partial charge is 0.255 e. The number of hydrogen-bond donors (Lipinski definition) is 1. The molecule has 1 aromatic heterocycles. The van der Waals surface area contributed by atoms with Crippen LogP contribution in [0.4, 0.5) is 0 Å². The fourth-order valence-corrected chi connectivity index (χ4v) is 3.81. The first kappa shape index (κ1) is 18.6. The van der Waals surface area contributed by atoms with Gasteiger partial charge in [-0.2, -0.15) is 5.10 Å². The fraction of sp³-hybridized carbons (Fsp3) is 0.524. The van der Waals surface area contributed by atoms with Crippen LogP contribution in [0.2, 0.25) is 0 Å². The summed E-state index contributed by atoms with van der Waals surface area (Å²) in [5, 5.41) is 7.63. The molecule has 2 atom stereocenters. The third-order valence-corrected chi connectivity index (χ3v) is 5.16. The van der Waals surface area contributed by atoms with Crippen molar-refractivity contribution in [2.24, 2.45) is 0 Å². The van der Waals surface area contributed by atoms with Crippen molar-refractivity contribution in [2.75, 3.05) is 6.54 Å². The van der Waals surface area contributed by atoms with Crippen molar-refractivity contribution in [1.82, 2.24) is 20.0 Å². The second kappa shape index (κ2) is 7.23. The first-order chi connectivity index (χ1) is 12.3. The van der Waals surface area contributed by atoms with Crippen molar-refractivity contribution >= 4 is 5.91 Å². The molecule has 1 aliphatic rings. The van der Waals surface area contributed by atoms with Gasteiger partial charge in [0.1, 0.15) is 0 Å². The van der Waals surface area contributed by atoms with Gasteiger partial charge in [-0.1, -0.05) is 30.3 Å². The molecule has 0 aliphatic carbocycles. The number of hydrogen-bond acceptors (Lipinski definition) is 3. The topological polar surface area (TPSA) is 50.2 Å². The van der Waals surface area contributed by atoms with Gasteiger partial charge in [-0.15, -0.1) is 0 Å². The summed E-state index contributed by atoms with van der Waals surface area (Å²) in [5.41, 5.74) is 2.78. The summed E-state index contributed by atoms with van der Waals surface area (Å²) < 4.78 is 1.92. The van der Waals surface area contributed by atoms with Crippen molar-refractivity contribution in [2.45, 2.75) is 65.2 Å². The Morgan fingerprint density at radius 3 is 2.58 bits per heavy atom. The van der Waals surface area contributed by atoms with E-state index in [1.54, 1.807) is 6.20 Å². The van der Waals surface area contributed by atoms with Crippen LogP contribution in [0, 0.1) is 6.92 Å². The highest BCUT2D eigenvalue weighted by Crippen LogP contribution is 2.22. The largest absolute Gasteiger partial charge is 0.348 e. The molecule has 1 saturated heterocycles. The van der Waals surface area contributed by atoms with Crippen LogP contribution in [0.15, 0.2) is 36.5 Å². The van der Waals surface area contributed by atoms with Crippen LogP contribution >= 0.6 is 0 Å². The predicted octanol–water partition coefficient (Wildman–Crippen LogP) is 3.34. The lowest BCUT2D eigenvalue weighted by molar-refractivity contribution is 0.0936. The molecule has 2 aromatic rings. The molecule has 140 valence electrons. The zero-order chi connectivity index (χ0) is 18.9. The van der Waals surface area contributed by atoms with Gasteiger partial charge in [0.25, 0.3) is 5.91 Å². The van der Waals surface area contributed by atoms with E-state index < -0.39 is 0 Å². The van der Waals surface area contributed by atoms with Crippen LogP contribution in [0.5, 0.6) is 0 Å². The Hall–Kier alpha value is -2.14. The number of nitrogens with one attached hydrogen (secondary N) is 1. The quantitative estimate of drug-likeness (QED) is 0.916. The first-order valence-electron chi connectivity index (χ1n) is 9.39. The second-order valence-electron chi connectivity index (χ2n) is 8.40. The molecule has 5 heteroatoms. The molecule has 5 nitrogen and oxygen atoms in total. The Morgan fingerprint density at radius 2 is 1.96 bits per heavy atom. The van der Waals surface area contributed by atoms with E-state index in [0.29, 0.717) is 11.6 Å². The number of aromatic nitrogens is 2. The number of carbonyl (C=O) groups is 1. The van der Waals surface area contributed by atoms with Crippen LogP contribution in [0.3, 0.4) is 0 Å². The van der Waals surface area contributed by atoms with E-state index >= 15 is 0 Å². The van der Waals surface area contributed by atoms with Crippen LogP contribution in [-0.4, -0.2) is 39.2 Å². The second-order valence-corrected chi connectivity index (χ2v) is 8.40. The van der Waals surface area contributed by atoms with E-state index in [2.05, 4.69) is 67.3 Å². The van der Waals surface area contributed by atoms with Crippen LogP contribution in [0.1, 0.15) is 55.7 Å². The minimum atomic E-state index is -0.128. The number of benzene rings is 1. The van der Waals surface area contributed by atoms with Crippen LogP contribution < -0.4 is 5.32 Å².